The van der Waals surface area contributed by atoms with E-state index in [0.29, 0.717) is 10.0 Å². The maximum absolute atomic E-state index is 11.4. The van der Waals surface area contributed by atoms with Gasteiger partial charge in [0.15, 0.2) is 5.69 Å². The van der Waals surface area contributed by atoms with Gasteiger partial charge in [-0.3, -0.25) is 4.68 Å². The van der Waals surface area contributed by atoms with Gasteiger partial charge in [-0.15, -0.1) is 0 Å². The topological polar surface area (TPSA) is 55.1 Å². The van der Waals surface area contributed by atoms with Gasteiger partial charge in [-0.25, -0.2) is 4.79 Å². The van der Waals surface area contributed by atoms with Crippen molar-refractivity contribution < 1.29 is 9.90 Å². The van der Waals surface area contributed by atoms with Crippen molar-refractivity contribution in [3.8, 4) is 11.3 Å². The number of carbonyl (C=O) groups is 1. The molecule has 1 heterocycles. The largest absolute Gasteiger partial charge is 0.476 e. The lowest BCUT2D eigenvalue weighted by Gasteiger charge is -2.16. The monoisotopic (exact) mass is 372 g/mol. The van der Waals surface area contributed by atoms with E-state index in [1.807, 2.05) is 35.0 Å². The van der Waals surface area contributed by atoms with E-state index in [0.717, 1.165) is 29.7 Å². The number of aromatic carboxylic acids is 1. The van der Waals surface area contributed by atoms with Crippen LogP contribution < -0.4 is 0 Å². The molecule has 1 aliphatic rings. The van der Waals surface area contributed by atoms with Crippen molar-refractivity contribution in [2.45, 2.75) is 18.9 Å². The molecule has 0 radical (unpaired) electrons. The first-order chi connectivity index (χ1) is 12.0. The Kier molecular flexibility index (Phi) is 4.02. The summed E-state index contributed by atoms with van der Waals surface area (Å²) in [4.78, 5) is 11.4. The fourth-order valence-electron chi connectivity index (χ4n) is 3.39. The lowest BCUT2D eigenvalue weighted by atomic mass is 10.1. The lowest BCUT2D eigenvalue weighted by molar-refractivity contribution is 0.0689. The number of rotatable bonds is 3. The number of fused-ring (bicyclic) bond motifs is 1. The Hall–Kier alpha value is -2.30. The number of halogens is 2. The first-order valence-corrected chi connectivity index (χ1v) is 8.65. The summed E-state index contributed by atoms with van der Waals surface area (Å²) in [5.74, 6) is -1.04. The molecule has 0 spiro atoms. The van der Waals surface area contributed by atoms with Crippen LogP contribution in [0.15, 0.2) is 48.5 Å². The summed E-state index contributed by atoms with van der Waals surface area (Å²) >= 11 is 12.1. The van der Waals surface area contributed by atoms with Crippen molar-refractivity contribution in [2.24, 2.45) is 0 Å². The molecule has 1 atom stereocenters. The van der Waals surface area contributed by atoms with E-state index in [1.54, 1.807) is 18.2 Å². The Labute approximate surface area is 154 Å². The molecule has 1 aromatic heterocycles. The fourth-order valence-corrected chi connectivity index (χ4v) is 3.71. The molecular weight excluding hydrogens is 359 g/mol. The smallest absolute Gasteiger partial charge is 0.356 e. The first kappa shape index (κ1) is 16.2. The molecule has 0 amide bonds. The quantitative estimate of drug-likeness (QED) is 0.696. The molecule has 0 bridgehead atoms. The van der Waals surface area contributed by atoms with Crippen LogP contribution in [0.5, 0.6) is 0 Å². The van der Waals surface area contributed by atoms with Crippen molar-refractivity contribution in [3.05, 3.63) is 75.4 Å². The van der Waals surface area contributed by atoms with Crippen molar-refractivity contribution in [1.82, 2.24) is 9.78 Å². The van der Waals surface area contributed by atoms with Gasteiger partial charge >= 0.3 is 5.97 Å². The molecular formula is C19H14Cl2N2O2. The number of aryl methyl sites for hydroxylation is 1. The maximum atomic E-state index is 11.4. The van der Waals surface area contributed by atoms with Crippen LogP contribution in [0.4, 0.5) is 0 Å². The number of carboxylic acid groups (broad SMARTS) is 1. The molecule has 1 aliphatic carbocycles. The molecule has 3 aromatic rings. The van der Waals surface area contributed by atoms with Gasteiger partial charge in [0.05, 0.1) is 11.7 Å². The van der Waals surface area contributed by atoms with E-state index in [-0.39, 0.29) is 11.7 Å². The fraction of sp³-hybridized carbons (Fsp3) is 0.158. The van der Waals surface area contributed by atoms with Crippen LogP contribution in [-0.4, -0.2) is 20.9 Å². The summed E-state index contributed by atoms with van der Waals surface area (Å²) in [7, 11) is 0. The van der Waals surface area contributed by atoms with Gasteiger partial charge < -0.3 is 5.11 Å². The predicted octanol–water partition coefficient (Wildman–Crippen LogP) is 5.09. The Morgan fingerprint density at radius 1 is 1.08 bits per heavy atom. The zero-order valence-corrected chi connectivity index (χ0v) is 14.6. The van der Waals surface area contributed by atoms with E-state index in [1.165, 1.54) is 5.56 Å². The first-order valence-electron chi connectivity index (χ1n) is 7.90. The molecule has 0 fully saturated rings. The van der Waals surface area contributed by atoms with Gasteiger partial charge in [0.25, 0.3) is 0 Å². The molecule has 1 unspecified atom stereocenters. The lowest BCUT2D eigenvalue weighted by Crippen LogP contribution is -2.11. The van der Waals surface area contributed by atoms with Gasteiger partial charge in [-0.2, -0.15) is 5.10 Å². The van der Waals surface area contributed by atoms with Crippen LogP contribution >= 0.6 is 23.2 Å². The van der Waals surface area contributed by atoms with Crippen molar-refractivity contribution >= 4 is 29.2 Å². The van der Waals surface area contributed by atoms with Gasteiger partial charge in [0.2, 0.25) is 0 Å². The Morgan fingerprint density at radius 2 is 1.80 bits per heavy atom. The van der Waals surface area contributed by atoms with E-state index < -0.39 is 5.97 Å². The van der Waals surface area contributed by atoms with Crippen LogP contribution in [0.25, 0.3) is 11.3 Å². The second kappa shape index (κ2) is 6.21. The third-order valence-electron chi connectivity index (χ3n) is 4.54. The molecule has 25 heavy (non-hydrogen) atoms. The third kappa shape index (κ3) is 2.92. The summed E-state index contributed by atoms with van der Waals surface area (Å²) in [5, 5.41) is 15.1. The Bertz CT molecular complexity index is 964. The predicted molar refractivity (Wildman–Crippen MR) is 97.5 cm³/mol. The highest BCUT2D eigenvalue weighted by Crippen LogP contribution is 2.38. The molecule has 126 valence electrons. The van der Waals surface area contributed by atoms with Crippen LogP contribution in [-0.2, 0) is 6.42 Å². The molecule has 4 rings (SSSR count). The van der Waals surface area contributed by atoms with E-state index in [2.05, 4.69) is 5.10 Å². The van der Waals surface area contributed by atoms with Crippen LogP contribution in [0.1, 0.15) is 34.1 Å². The summed E-state index contributed by atoms with van der Waals surface area (Å²) in [5.41, 5.74) is 4.01. The van der Waals surface area contributed by atoms with Crippen LogP contribution in [0, 0.1) is 0 Å². The molecule has 0 saturated carbocycles. The van der Waals surface area contributed by atoms with Crippen LogP contribution in [0.3, 0.4) is 0 Å². The zero-order valence-electron chi connectivity index (χ0n) is 13.1. The third-order valence-corrected chi connectivity index (χ3v) is 5.03. The highest BCUT2D eigenvalue weighted by molar-refractivity contribution is 6.30. The number of hydrogen-bond donors (Lipinski definition) is 1. The maximum Gasteiger partial charge on any atom is 0.356 e. The van der Waals surface area contributed by atoms with E-state index in [9.17, 15) is 9.90 Å². The summed E-state index contributed by atoms with van der Waals surface area (Å²) in [6.07, 6.45) is 1.75. The minimum atomic E-state index is -1.04. The molecule has 4 nitrogen and oxygen atoms in total. The van der Waals surface area contributed by atoms with Gasteiger partial charge in [0, 0.05) is 10.0 Å². The number of aromatic nitrogens is 2. The molecule has 6 heteroatoms. The Balaban J connectivity index is 1.85. The summed E-state index contributed by atoms with van der Waals surface area (Å²) < 4.78 is 1.81. The molecule has 0 saturated heterocycles. The van der Waals surface area contributed by atoms with Gasteiger partial charge in [-0.05, 0) is 59.9 Å². The second-order valence-electron chi connectivity index (χ2n) is 6.07. The zero-order chi connectivity index (χ0) is 17.6. The van der Waals surface area contributed by atoms with Crippen molar-refractivity contribution in [3.63, 3.8) is 0 Å². The molecule has 0 aliphatic heterocycles. The number of hydrogen-bond acceptors (Lipinski definition) is 2. The average molecular weight is 373 g/mol. The number of nitrogens with zero attached hydrogens (tertiary/aromatic N) is 2. The number of carboxylic acids is 1. The highest BCUT2D eigenvalue weighted by Gasteiger charge is 2.28. The minimum Gasteiger partial charge on any atom is -0.476 e. The SMILES string of the molecule is O=C(O)c1cc(-c2ccc(Cl)cc2)n(C2CCc3cc(Cl)ccc32)n1. The summed E-state index contributed by atoms with van der Waals surface area (Å²) in [6, 6.07) is 14.8. The van der Waals surface area contributed by atoms with E-state index >= 15 is 0 Å². The van der Waals surface area contributed by atoms with Crippen molar-refractivity contribution in [1.29, 1.82) is 0 Å². The molecule has 2 aromatic carbocycles. The minimum absolute atomic E-state index is 0.00829. The normalized spacial score (nSPS) is 16.0. The average Bonchev–Trinajstić information content (AvgIpc) is 3.19. The standard InChI is InChI=1S/C19H14Cl2N2O2/c20-13-4-1-11(2-5-13)18-10-16(19(24)25)22-23(18)17-8-3-12-9-14(21)6-7-15(12)17/h1-2,4-7,9-10,17H,3,8H2,(H,24,25). The second-order valence-corrected chi connectivity index (χ2v) is 6.94. The summed E-state index contributed by atoms with van der Waals surface area (Å²) in [6.45, 7) is 0. The van der Waals surface area contributed by atoms with E-state index in [4.69, 9.17) is 23.2 Å². The highest BCUT2D eigenvalue weighted by atomic mass is 35.5. The van der Waals surface area contributed by atoms with Crippen molar-refractivity contribution in [2.75, 3.05) is 0 Å². The van der Waals surface area contributed by atoms with Gasteiger partial charge in [0.1, 0.15) is 0 Å². The molecule has 1 N–H and O–H groups in total. The Morgan fingerprint density at radius 3 is 2.52 bits per heavy atom. The number of benzene rings is 2. The van der Waals surface area contributed by atoms with Gasteiger partial charge in [-0.1, -0.05) is 41.4 Å². The van der Waals surface area contributed by atoms with Crippen LogP contribution in [0.2, 0.25) is 10.0 Å².